The lowest BCUT2D eigenvalue weighted by atomic mass is 9.59. The van der Waals surface area contributed by atoms with Crippen LogP contribution >= 0.6 is 0 Å². The molecular weight excluding hydrogens is 364 g/mol. The molecule has 0 bridgehead atoms. The lowest BCUT2D eigenvalue weighted by Crippen LogP contribution is -2.60. The molecule has 5 heteroatoms. The van der Waals surface area contributed by atoms with Gasteiger partial charge in [-0.05, 0) is 62.3 Å². The van der Waals surface area contributed by atoms with E-state index in [4.69, 9.17) is 4.74 Å². The second-order valence-corrected chi connectivity index (χ2v) is 9.30. The molecule has 1 saturated heterocycles. The van der Waals surface area contributed by atoms with Crippen LogP contribution in [0.15, 0.2) is 30.3 Å². The van der Waals surface area contributed by atoms with Crippen LogP contribution in [-0.2, 0) is 20.7 Å². The molecule has 158 valence electrons. The van der Waals surface area contributed by atoms with E-state index in [9.17, 15) is 9.59 Å². The van der Waals surface area contributed by atoms with Crippen molar-refractivity contribution in [2.45, 2.75) is 75.9 Å². The Kier molecular flexibility index (Phi) is 5.95. The van der Waals surface area contributed by atoms with Gasteiger partial charge in [0.2, 0.25) is 11.8 Å². The van der Waals surface area contributed by atoms with Crippen LogP contribution in [0.25, 0.3) is 0 Å². The fourth-order valence-corrected chi connectivity index (χ4v) is 5.30. The molecule has 1 atom stereocenters. The minimum atomic E-state index is -0.196. The van der Waals surface area contributed by atoms with Crippen LogP contribution in [0.4, 0.5) is 0 Å². The Labute approximate surface area is 174 Å². The van der Waals surface area contributed by atoms with Gasteiger partial charge in [-0.15, -0.1) is 0 Å². The van der Waals surface area contributed by atoms with Crippen molar-refractivity contribution in [2.75, 3.05) is 20.2 Å². The molecule has 3 fully saturated rings. The first-order chi connectivity index (χ1) is 14.0. The molecule has 5 nitrogen and oxygen atoms in total. The first kappa shape index (κ1) is 20.4. The molecule has 1 heterocycles. The average molecular weight is 399 g/mol. The number of likely N-dealkylation sites (tertiary alicyclic amines) is 1. The molecule has 2 aliphatic carbocycles. The van der Waals surface area contributed by atoms with E-state index < -0.39 is 0 Å². The van der Waals surface area contributed by atoms with Crippen LogP contribution < -0.4 is 5.32 Å². The predicted molar refractivity (Wildman–Crippen MR) is 112 cm³/mol. The number of rotatable bonds is 7. The smallest absolute Gasteiger partial charge is 0.225 e. The van der Waals surface area contributed by atoms with Crippen molar-refractivity contribution in [1.29, 1.82) is 0 Å². The maximum atomic E-state index is 12.7. The molecule has 1 aromatic carbocycles. The number of nitrogens with zero attached hydrogens (tertiary/aromatic N) is 1. The second-order valence-electron chi connectivity index (χ2n) is 9.30. The van der Waals surface area contributed by atoms with E-state index in [1.54, 1.807) is 7.11 Å². The average Bonchev–Trinajstić information content (AvgIpc) is 2.73. The Balaban J connectivity index is 1.23. The van der Waals surface area contributed by atoms with Crippen molar-refractivity contribution in [3.8, 4) is 0 Å². The van der Waals surface area contributed by atoms with E-state index in [-0.39, 0.29) is 28.9 Å². The van der Waals surface area contributed by atoms with Gasteiger partial charge in [-0.25, -0.2) is 0 Å². The van der Waals surface area contributed by atoms with Gasteiger partial charge in [-0.2, -0.15) is 0 Å². The highest BCUT2D eigenvalue weighted by molar-refractivity contribution is 5.78. The van der Waals surface area contributed by atoms with Crippen molar-refractivity contribution in [2.24, 2.45) is 5.41 Å². The number of methoxy groups -OCH3 is 1. The van der Waals surface area contributed by atoms with E-state index in [1.165, 1.54) is 12.0 Å². The fraction of sp³-hybridized carbons (Fsp3) is 0.667. The summed E-state index contributed by atoms with van der Waals surface area (Å²) in [5, 5.41) is 3.29. The monoisotopic (exact) mass is 398 g/mol. The molecule has 0 aromatic heterocycles. The Morgan fingerprint density at radius 2 is 1.83 bits per heavy atom. The van der Waals surface area contributed by atoms with Gasteiger partial charge in [-0.3, -0.25) is 9.59 Å². The maximum Gasteiger partial charge on any atom is 0.225 e. The van der Waals surface area contributed by atoms with Gasteiger partial charge >= 0.3 is 0 Å². The number of hydrogen-bond acceptors (Lipinski definition) is 3. The SMILES string of the molecule is COC1(CC(=O)N2CCC3(CCC3NC(=O)CCc3ccccc3)CC2)CCC1. The van der Waals surface area contributed by atoms with Crippen molar-refractivity contribution in [1.82, 2.24) is 10.2 Å². The van der Waals surface area contributed by atoms with Crippen molar-refractivity contribution >= 4 is 11.8 Å². The van der Waals surface area contributed by atoms with E-state index in [0.29, 0.717) is 12.8 Å². The van der Waals surface area contributed by atoms with E-state index >= 15 is 0 Å². The summed E-state index contributed by atoms with van der Waals surface area (Å²) in [6.07, 6.45) is 9.26. The molecule has 29 heavy (non-hydrogen) atoms. The highest BCUT2D eigenvalue weighted by Gasteiger charge is 2.49. The lowest BCUT2D eigenvalue weighted by Gasteiger charge is -2.54. The van der Waals surface area contributed by atoms with Crippen LogP contribution in [0.1, 0.15) is 63.4 Å². The number of aryl methyl sites for hydroxylation is 1. The number of benzene rings is 1. The minimum absolute atomic E-state index is 0.156. The number of amides is 2. The topological polar surface area (TPSA) is 58.6 Å². The highest BCUT2D eigenvalue weighted by Crippen LogP contribution is 2.49. The van der Waals surface area contributed by atoms with Gasteiger partial charge in [0, 0.05) is 32.7 Å². The van der Waals surface area contributed by atoms with Gasteiger partial charge in [0.1, 0.15) is 0 Å². The summed E-state index contributed by atoms with van der Waals surface area (Å²) in [7, 11) is 1.73. The summed E-state index contributed by atoms with van der Waals surface area (Å²) in [5.74, 6) is 0.396. The van der Waals surface area contributed by atoms with Crippen LogP contribution in [0.3, 0.4) is 0 Å². The molecule has 2 amide bonds. The third-order valence-electron chi connectivity index (χ3n) is 7.77. The van der Waals surface area contributed by atoms with Gasteiger partial charge in [-0.1, -0.05) is 30.3 Å². The zero-order valence-electron chi connectivity index (χ0n) is 17.6. The molecule has 4 rings (SSSR count). The summed E-state index contributed by atoms with van der Waals surface area (Å²) in [5.41, 5.74) is 1.21. The largest absolute Gasteiger partial charge is 0.378 e. The first-order valence-corrected chi connectivity index (χ1v) is 11.2. The lowest BCUT2D eigenvalue weighted by molar-refractivity contribution is -0.148. The number of nitrogens with one attached hydrogen (secondary N) is 1. The zero-order chi connectivity index (χ0) is 20.3. The molecule has 1 spiro atoms. The summed E-state index contributed by atoms with van der Waals surface area (Å²) in [6, 6.07) is 10.5. The highest BCUT2D eigenvalue weighted by atomic mass is 16.5. The normalized spacial score (nSPS) is 24.4. The Hall–Kier alpha value is -1.88. The Morgan fingerprint density at radius 1 is 1.10 bits per heavy atom. The molecule has 1 aromatic rings. The second kappa shape index (κ2) is 8.47. The fourth-order valence-electron chi connectivity index (χ4n) is 5.30. The minimum Gasteiger partial charge on any atom is -0.378 e. The summed E-state index contributed by atoms with van der Waals surface area (Å²) in [6.45, 7) is 1.63. The molecule has 0 radical (unpaired) electrons. The summed E-state index contributed by atoms with van der Waals surface area (Å²) in [4.78, 5) is 27.2. The summed E-state index contributed by atoms with van der Waals surface area (Å²) < 4.78 is 5.63. The number of ether oxygens (including phenoxy) is 1. The van der Waals surface area contributed by atoms with E-state index in [2.05, 4.69) is 17.4 Å². The maximum absolute atomic E-state index is 12.7. The number of carbonyl (C=O) groups excluding carboxylic acids is 2. The molecule has 1 unspecified atom stereocenters. The van der Waals surface area contributed by atoms with Crippen molar-refractivity contribution < 1.29 is 14.3 Å². The third-order valence-corrected chi connectivity index (χ3v) is 7.77. The van der Waals surface area contributed by atoms with Crippen LogP contribution in [-0.4, -0.2) is 48.6 Å². The van der Waals surface area contributed by atoms with Crippen molar-refractivity contribution in [3.05, 3.63) is 35.9 Å². The first-order valence-electron chi connectivity index (χ1n) is 11.2. The van der Waals surface area contributed by atoms with Gasteiger partial charge < -0.3 is 15.0 Å². The Morgan fingerprint density at radius 3 is 2.38 bits per heavy atom. The van der Waals surface area contributed by atoms with Gasteiger partial charge in [0.15, 0.2) is 0 Å². The third kappa shape index (κ3) is 4.35. The standard InChI is InChI=1S/C24H34N2O3/c1-29-24(11-5-12-24)18-22(28)26-16-14-23(15-17-26)13-10-20(23)25-21(27)9-8-19-6-3-2-4-7-19/h2-4,6-7,20H,5,8-18H2,1H3,(H,25,27). The van der Waals surface area contributed by atoms with Crippen molar-refractivity contribution in [3.63, 3.8) is 0 Å². The summed E-state index contributed by atoms with van der Waals surface area (Å²) >= 11 is 0. The number of piperidine rings is 1. The molecule has 2 saturated carbocycles. The zero-order valence-corrected chi connectivity index (χ0v) is 17.6. The molecular formula is C24H34N2O3. The molecule has 1 aliphatic heterocycles. The number of carbonyl (C=O) groups is 2. The quantitative estimate of drug-likeness (QED) is 0.765. The number of hydrogen-bond donors (Lipinski definition) is 1. The predicted octanol–water partition coefficient (Wildman–Crippen LogP) is 3.47. The van der Waals surface area contributed by atoms with E-state index in [1.807, 2.05) is 23.1 Å². The molecule has 1 N–H and O–H groups in total. The molecule has 3 aliphatic rings. The Bertz CT molecular complexity index is 715. The van der Waals surface area contributed by atoms with Crippen LogP contribution in [0.2, 0.25) is 0 Å². The van der Waals surface area contributed by atoms with Gasteiger partial charge in [0.05, 0.1) is 12.0 Å². The van der Waals surface area contributed by atoms with Crippen LogP contribution in [0.5, 0.6) is 0 Å². The van der Waals surface area contributed by atoms with Crippen LogP contribution in [0, 0.1) is 5.41 Å². The van der Waals surface area contributed by atoms with Gasteiger partial charge in [0.25, 0.3) is 0 Å². The van der Waals surface area contributed by atoms with E-state index in [0.717, 1.165) is 58.0 Å².